The van der Waals surface area contributed by atoms with Crippen molar-refractivity contribution in [3.05, 3.63) is 45.9 Å². The predicted octanol–water partition coefficient (Wildman–Crippen LogP) is 3.44. The normalized spacial score (nSPS) is 10.1. The van der Waals surface area contributed by atoms with Crippen LogP contribution >= 0.6 is 22.6 Å². The fourth-order valence-electron chi connectivity index (χ4n) is 1.27. The zero-order chi connectivity index (χ0) is 11.4. The van der Waals surface area contributed by atoms with Crippen LogP contribution in [0.4, 0.5) is 0 Å². The van der Waals surface area contributed by atoms with Crippen molar-refractivity contribution in [1.82, 2.24) is 9.97 Å². The summed E-state index contributed by atoms with van der Waals surface area (Å²) in [6, 6.07) is 9.71. The Hall–Kier alpha value is -1.17. The number of aryl methyl sites for hydroxylation is 1. The number of para-hydroxylation sites is 1. The second-order valence-electron chi connectivity index (χ2n) is 3.23. The quantitative estimate of drug-likeness (QED) is 0.811. The van der Waals surface area contributed by atoms with Gasteiger partial charge in [-0.15, -0.1) is 0 Å². The van der Waals surface area contributed by atoms with Gasteiger partial charge >= 0.3 is 0 Å². The number of rotatable bonds is 3. The van der Waals surface area contributed by atoms with Crippen molar-refractivity contribution in [2.24, 2.45) is 0 Å². The van der Waals surface area contributed by atoms with Gasteiger partial charge in [0.05, 0.1) is 3.57 Å². The number of halogens is 1. The van der Waals surface area contributed by atoms with Crippen molar-refractivity contribution in [3.63, 3.8) is 0 Å². The van der Waals surface area contributed by atoms with E-state index in [4.69, 9.17) is 4.74 Å². The molecule has 1 heterocycles. The molecule has 2 rings (SSSR count). The minimum Gasteiger partial charge on any atom is -0.438 e. The SMILES string of the molecule is CCc1cc(Oc2ccccc2I)ncn1. The first-order valence-corrected chi connectivity index (χ1v) is 6.10. The minimum absolute atomic E-state index is 0.593. The van der Waals surface area contributed by atoms with Crippen LogP contribution in [-0.4, -0.2) is 9.97 Å². The van der Waals surface area contributed by atoms with Crippen molar-refractivity contribution in [3.8, 4) is 11.6 Å². The summed E-state index contributed by atoms with van der Waals surface area (Å²) in [5, 5.41) is 0. The molecule has 0 unspecified atom stereocenters. The van der Waals surface area contributed by atoms with E-state index in [2.05, 4.69) is 39.5 Å². The van der Waals surface area contributed by atoms with E-state index in [0.29, 0.717) is 5.88 Å². The van der Waals surface area contributed by atoms with Crippen molar-refractivity contribution in [2.45, 2.75) is 13.3 Å². The van der Waals surface area contributed by atoms with E-state index in [1.807, 2.05) is 30.3 Å². The van der Waals surface area contributed by atoms with E-state index in [0.717, 1.165) is 21.4 Å². The molecule has 2 aromatic rings. The first-order chi connectivity index (χ1) is 7.79. The molecular weight excluding hydrogens is 315 g/mol. The molecule has 0 amide bonds. The second-order valence-corrected chi connectivity index (χ2v) is 4.40. The summed E-state index contributed by atoms with van der Waals surface area (Å²) in [7, 11) is 0. The second kappa shape index (κ2) is 5.25. The summed E-state index contributed by atoms with van der Waals surface area (Å²) < 4.78 is 6.76. The molecule has 3 nitrogen and oxygen atoms in total. The standard InChI is InChI=1S/C12H11IN2O/c1-2-9-7-12(15-8-14-9)16-11-6-4-3-5-10(11)13/h3-8H,2H2,1H3. The summed E-state index contributed by atoms with van der Waals surface area (Å²) in [4.78, 5) is 8.22. The van der Waals surface area contributed by atoms with Gasteiger partial charge < -0.3 is 4.74 Å². The average molecular weight is 326 g/mol. The number of hydrogen-bond acceptors (Lipinski definition) is 3. The van der Waals surface area contributed by atoms with Gasteiger partial charge in [0.25, 0.3) is 0 Å². The van der Waals surface area contributed by atoms with E-state index < -0.39 is 0 Å². The zero-order valence-corrected chi connectivity index (χ0v) is 11.0. The van der Waals surface area contributed by atoms with Crippen molar-refractivity contribution in [1.29, 1.82) is 0 Å². The van der Waals surface area contributed by atoms with Crippen molar-refractivity contribution < 1.29 is 4.74 Å². The fraction of sp³-hybridized carbons (Fsp3) is 0.167. The van der Waals surface area contributed by atoms with Gasteiger partial charge in [-0.25, -0.2) is 9.97 Å². The smallest absolute Gasteiger partial charge is 0.222 e. The lowest BCUT2D eigenvalue weighted by molar-refractivity contribution is 0.457. The minimum atomic E-state index is 0.593. The number of ether oxygens (including phenoxy) is 1. The highest BCUT2D eigenvalue weighted by Gasteiger charge is 2.03. The maximum absolute atomic E-state index is 5.69. The Balaban J connectivity index is 2.24. The topological polar surface area (TPSA) is 35.0 Å². The first-order valence-electron chi connectivity index (χ1n) is 5.03. The fourth-order valence-corrected chi connectivity index (χ4v) is 1.76. The molecule has 0 saturated heterocycles. The Morgan fingerprint density at radius 1 is 1.25 bits per heavy atom. The van der Waals surface area contributed by atoms with Crippen LogP contribution in [0.2, 0.25) is 0 Å². The lowest BCUT2D eigenvalue weighted by Crippen LogP contribution is -1.93. The summed E-state index contributed by atoms with van der Waals surface area (Å²) in [6.07, 6.45) is 2.41. The van der Waals surface area contributed by atoms with Gasteiger partial charge in [0, 0.05) is 11.8 Å². The molecular formula is C12H11IN2O. The van der Waals surface area contributed by atoms with Gasteiger partial charge in [-0.3, -0.25) is 0 Å². The molecule has 0 spiro atoms. The Labute approximate surface area is 108 Å². The van der Waals surface area contributed by atoms with Crippen molar-refractivity contribution in [2.75, 3.05) is 0 Å². The zero-order valence-electron chi connectivity index (χ0n) is 8.85. The van der Waals surface area contributed by atoms with Crippen LogP contribution in [0.15, 0.2) is 36.7 Å². The molecule has 82 valence electrons. The van der Waals surface area contributed by atoms with Crippen LogP contribution in [-0.2, 0) is 6.42 Å². The van der Waals surface area contributed by atoms with Gasteiger partial charge in [0.2, 0.25) is 5.88 Å². The number of benzene rings is 1. The van der Waals surface area contributed by atoms with Crippen LogP contribution in [0.1, 0.15) is 12.6 Å². The third-order valence-electron chi connectivity index (χ3n) is 2.11. The number of hydrogen-bond donors (Lipinski definition) is 0. The molecule has 0 aliphatic rings. The molecule has 0 fully saturated rings. The number of aromatic nitrogens is 2. The van der Waals surface area contributed by atoms with Gasteiger partial charge in [-0.1, -0.05) is 19.1 Å². The maximum Gasteiger partial charge on any atom is 0.222 e. The largest absolute Gasteiger partial charge is 0.438 e. The molecule has 4 heteroatoms. The van der Waals surface area contributed by atoms with E-state index in [9.17, 15) is 0 Å². The molecule has 0 saturated carbocycles. The predicted molar refractivity (Wildman–Crippen MR) is 70.6 cm³/mol. The molecule has 0 aliphatic carbocycles. The Kier molecular flexibility index (Phi) is 3.71. The van der Waals surface area contributed by atoms with Crippen LogP contribution in [0, 0.1) is 3.57 Å². The molecule has 16 heavy (non-hydrogen) atoms. The van der Waals surface area contributed by atoms with E-state index in [1.165, 1.54) is 6.33 Å². The van der Waals surface area contributed by atoms with Gasteiger partial charge in [0.15, 0.2) is 0 Å². The Morgan fingerprint density at radius 2 is 2.06 bits per heavy atom. The maximum atomic E-state index is 5.69. The van der Waals surface area contributed by atoms with Gasteiger partial charge in [0.1, 0.15) is 12.1 Å². The first kappa shape index (κ1) is 11.3. The van der Waals surface area contributed by atoms with Crippen molar-refractivity contribution >= 4 is 22.6 Å². The summed E-state index contributed by atoms with van der Waals surface area (Å²) >= 11 is 2.24. The Morgan fingerprint density at radius 3 is 2.81 bits per heavy atom. The number of nitrogens with zero attached hydrogens (tertiary/aromatic N) is 2. The van der Waals surface area contributed by atoms with E-state index in [-0.39, 0.29) is 0 Å². The van der Waals surface area contributed by atoms with Gasteiger partial charge in [-0.05, 0) is 41.1 Å². The molecule has 0 radical (unpaired) electrons. The Bertz CT molecular complexity index is 488. The molecule has 0 aliphatic heterocycles. The molecule has 1 aromatic heterocycles. The molecule has 0 atom stereocenters. The monoisotopic (exact) mass is 326 g/mol. The third kappa shape index (κ3) is 2.69. The van der Waals surface area contributed by atoms with Gasteiger partial charge in [-0.2, -0.15) is 0 Å². The van der Waals surface area contributed by atoms with Crippen LogP contribution < -0.4 is 4.74 Å². The van der Waals surface area contributed by atoms with Crippen LogP contribution in [0.5, 0.6) is 11.6 Å². The molecule has 1 aromatic carbocycles. The molecule has 0 N–H and O–H groups in total. The summed E-state index contributed by atoms with van der Waals surface area (Å²) in [5.41, 5.74) is 0.982. The summed E-state index contributed by atoms with van der Waals surface area (Å²) in [6.45, 7) is 2.05. The highest BCUT2D eigenvalue weighted by Crippen LogP contribution is 2.24. The van der Waals surface area contributed by atoms with Crippen LogP contribution in [0.3, 0.4) is 0 Å². The van der Waals surface area contributed by atoms with E-state index in [1.54, 1.807) is 0 Å². The third-order valence-corrected chi connectivity index (χ3v) is 3.00. The lowest BCUT2D eigenvalue weighted by atomic mass is 10.3. The van der Waals surface area contributed by atoms with E-state index >= 15 is 0 Å². The molecule has 0 bridgehead atoms. The lowest BCUT2D eigenvalue weighted by Gasteiger charge is -2.06. The highest BCUT2D eigenvalue weighted by molar-refractivity contribution is 14.1. The average Bonchev–Trinajstić information content (AvgIpc) is 2.32. The van der Waals surface area contributed by atoms with Crippen LogP contribution in [0.25, 0.3) is 0 Å². The summed E-state index contributed by atoms with van der Waals surface area (Å²) in [5.74, 6) is 1.42. The highest BCUT2D eigenvalue weighted by atomic mass is 127.